The zero-order valence-corrected chi connectivity index (χ0v) is 11.8. The van der Waals surface area contributed by atoms with Crippen LogP contribution in [0.5, 0.6) is 0 Å². The number of carbonyl (C=O) groups is 1. The molecule has 2 aromatic rings. The molecule has 1 N–H and O–H groups in total. The first-order valence-electron chi connectivity index (χ1n) is 7.21. The third-order valence-electron chi connectivity index (χ3n) is 4.09. The highest BCUT2D eigenvalue weighted by Crippen LogP contribution is 2.35. The van der Waals surface area contributed by atoms with Crippen molar-refractivity contribution in [1.82, 2.24) is 4.90 Å². The molecule has 1 saturated heterocycles. The Morgan fingerprint density at radius 1 is 1.05 bits per heavy atom. The number of nitrogens with zero attached hydrogens (tertiary/aromatic N) is 1. The normalized spacial score (nSPS) is 18.2. The topological polar surface area (TPSA) is 44.2 Å². The molecule has 1 unspecified atom stereocenters. The van der Waals surface area contributed by atoms with Gasteiger partial charge in [-0.25, -0.2) is 0 Å². The highest BCUT2D eigenvalue weighted by molar-refractivity contribution is 6.28. The maximum Gasteiger partial charge on any atom is 0.190 e. The minimum absolute atomic E-state index is 0.0787. The van der Waals surface area contributed by atoms with Crippen molar-refractivity contribution in [2.45, 2.75) is 18.5 Å². The molecule has 0 aromatic heterocycles. The highest BCUT2D eigenvalue weighted by atomic mass is 16.1. The molecule has 1 heterocycles. The van der Waals surface area contributed by atoms with E-state index in [2.05, 4.69) is 29.2 Å². The summed E-state index contributed by atoms with van der Waals surface area (Å²) in [5, 5.41) is 7.22. The molecule has 1 aliphatic rings. The van der Waals surface area contributed by atoms with E-state index in [1.165, 1.54) is 11.1 Å². The van der Waals surface area contributed by atoms with E-state index in [9.17, 15) is 4.79 Å². The number of hydrogen-bond acceptors (Lipinski definition) is 3. The molecule has 0 saturated carbocycles. The summed E-state index contributed by atoms with van der Waals surface area (Å²) in [7, 11) is 0. The second kappa shape index (κ2) is 6.02. The summed E-state index contributed by atoms with van der Waals surface area (Å²) in [5.74, 6) is -0.0990. The number of carbonyl (C=O) groups excluding carboxylic acids is 1. The highest BCUT2D eigenvalue weighted by Gasteiger charge is 2.38. The van der Waals surface area contributed by atoms with E-state index in [4.69, 9.17) is 5.41 Å². The maximum absolute atomic E-state index is 11.9. The Hall–Kier alpha value is -2.26. The van der Waals surface area contributed by atoms with Gasteiger partial charge in [0, 0.05) is 6.54 Å². The zero-order valence-electron chi connectivity index (χ0n) is 11.8. The average Bonchev–Trinajstić information content (AvgIpc) is 2.52. The molecule has 3 nitrogen and oxygen atoms in total. The fraction of sp³-hybridized carbons (Fsp3) is 0.222. The van der Waals surface area contributed by atoms with E-state index < -0.39 is 0 Å². The minimum Gasteiger partial charge on any atom is -0.305 e. The molecule has 0 spiro atoms. The Morgan fingerprint density at radius 2 is 1.57 bits per heavy atom. The van der Waals surface area contributed by atoms with Gasteiger partial charge in [0.1, 0.15) is 0 Å². The van der Waals surface area contributed by atoms with Gasteiger partial charge in [0.25, 0.3) is 0 Å². The van der Waals surface area contributed by atoms with Gasteiger partial charge in [0.2, 0.25) is 0 Å². The molecule has 2 aromatic carbocycles. The van der Waals surface area contributed by atoms with E-state index in [0.29, 0.717) is 0 Å². The molecule has 1 aliphatic heterocycles. The Labute approximate surface area is 124 Å². The molecule has 0 bridgehead atoms. The minimum atomic E-state index is -0.159. The fourth-order valence-electron chi connectivity index (χ4n) is 2.96. The van der Waals surface area contributed by atoms with Crippen LogP contribution in [0.15, 0.2) is 60.7 Å². The van der Waals surface area contributed by atoms with Crippen LogP contribution in [0.2, 0.25) is 0 Å². The van der Waals surface area contributed by atoms with Gasteiger partial charge in [-0.1, -0.05) is 60.7 Å². The molecule has 0 amide bonds. The van der Waals surface area contributed by atoms with Gasteiger partial charge in [-0.15, -0.1) is 0 Å². The lowest BCUT2D eigenvalue weighted by Gasteiger charge is -2.45. The number of ketones is 1. The molecular formula is C18H18N2O. The Balaban J connectivity index is 1.98. The van der Waals surface area contributed by atoms with Gasteiger partial charge in [0.15, 0.2) is 5.78 Å². The molecule has 3 heteroatoms. The van der Waals surface area contributed by atoms with E-state index in [0.717, 1.165) is 19.2 Å². The van der Waals surface area contributed by atoms with Crippen molar-refractivity contribution in [3.8, 4) is 0 Å². The number of hydrogen-bond donors (Lipinski definition) is 1. The lowest BCUT2D eigenvalue weighted by Crippen LogP contribution is -2.54. The van der Waals surface area contributed by atoms with Gasteiger partial charge in [0.05, 0.1) is 18.3 Å². The number of likely N-dealkylation sites (tertiary alicyclic amines) is 1. The third-order valence-corrected chi connectivity index (χ3v) is 4.09. The first-order chi connectivity index (χ1) is 10.3. The lowest BCUT2D eigenvalue weighted by molar-refractivity contribution is -0.122. The third kappa shape index (κ3) is 2.65. The van der Waals surface area contributed by atoms with Crippen molar-refractivity contribution < 1.29 is 4.79 Å². The second-order valence-electron chi connectivity index (χ2n) is 5.31. The van der Waals surface area contributed by atoms with Crippen LogP contribution in [-0.2, 0) is 4.79 Å². The molecule has 3 rings (SSSR count). The van der Waals surface area contributed by atoms with Gasteiger partial charge in [-0.3, -0.25) is 9.69 Å². The van der Waals surface area contributed by atoms with E-state index in [1.54, 1.807) is 0 Å². The van der Waals surface area contributed by atoms with Crippen molar-refractivity contribution in [2.75, 3.05) is 6.54 Å². The van der Waals surface area contributed by atoms with Gasteiger partial charge < -0.3 is 5.41 Å². The molecule has 1 atom stereocenters. The number of nitrogens with one attached hydrogen (secondary N) is 1. The van der Waals surface area contributed by atoms with Crippen LogP contribution < -0.4 is 0 Å². The quantitative estimate of drug-likeness (QED) is 0.854. The van der Waals surface area contributed by atoms with E-state index in [1.807, 2.05) is 36.4 Å². The number of benzene rings is 2. The molecule has 1 fully saturated rings. The van der Waals surface area contributed by atoms with Crippen LogP contribution in [0.25, 0.3) is 0 Å². The smallest absolute Gasteiger partial charge is 0.190 e. The number of rotatable bonds is 5. The summed E-state index contributed by atoms with van der Waals surface area (Å²) in [6.45, 7) is 0.888. The van der Waals surface area contributed by atoms with Crippen LogP contribution in [0, 0.1) is 5.41 Å². The van der Waals surface area contributed by atoms with Gasteiger partial charge >= 0.3 is 0 Å². The van der Waals surface area contributed by atoms with Crippen molar-refractivity contribution in [2.24, 2.45) is 0 Å². The molecule has 21 heavy (non-hydrogen) atoms. The summed E-state index contributed by atoms with van der Waals surface area (Å²) >= 11 is 0. The second-order valence-corrected chi connectivity index (χ2v) is 5.31. The molecule has 106 valence electrons. The zero-order chi connectivity index (χ0) is 14.7. The number of Topliss-reactive ketones (excluding diaryl/α,β-unsaturated/α-hetero) is 1. The van der Waals surface area contributed by atoms with E-state index in [-0.39, 0.29) is 17.9 Å². The molecule has 0 aliphatic carbocycles. The van der Waals surface area contributed by atoms with Crippen molar-refractivity contribution >= 4 is 12.0 Å². The van der Waals surface area contributed by atoms with E-state index >= 15 is 0 Å². The monoisotopic (exact) mass is 278 g/mol. The van der Waals surface area contributed by atoms with Crippen molar-refractivity contribution in [1.29, 1.82) is 5.41 Å². The van der Waals surface area contributed by atoms with Crippen LogP contribution in [-0.4, -0.2) is 29.5 Å². The fourth-order valence-corrected chi connectivity index (χ4v) is 2.96. The van der Waals surface area contributed by atoms with Gasteiger partial charge in [-0.05, 0) is 17.5 Å². The Bertz CT molecular complexity index is 585. The lowest BCUT2D eigenvalue weighted by atomic mass is 9.89. The summed E-state index contributed by atoms with van der Waals surface area (Å²) in [5.41, 5.74) is 2.37. The first-order valence-corrected chi connectivity index (χ1v) is 7.21. The first kappa shape index (κ1) is 13.7. The Morgan fingerprint density at radius 3 is 1.95 bits per heavy atom. The molecular weight excluding hydrogens is 260 g/mol. The molecule has 0 radical (unpaired) electrons. The van der Waals surface area contributed by atoms with Crippen LogP contribution in [0.1, 0.15) is 23.6 Å². The largest absolute Gasteiger partial charge is 0.305 e. The average molecular weight is 278 g/mol. The summed E-state index contributed by atoms with van der Waals surface area (Å²) in [6, 6.07) is 20.4. The van der Waals surface area contributed by atoms with Crippen LogP contribution in [0.4, 0.5) is 0 Å². The van der Waals surface area contributed by atoms with Gasteiger partial charge in [-0.2, -0.15) is 0 Å². The predicted molar refractivity (Wildman–Crippen MR) is 83.6 cm³/mol. The van der Waals surface area contributed by atoms with Crippen LogP contribution >= 0.6 is 0 Å². The Kier molecular flexibility index (Phi) is 3.93. The summed E-state index contributed by atoms with van der Waals surface area (Å²) < 4.78 is 0. The maximum atomic E-state index is 11.9. The van der Waals surface area contributed by atoms with Crippen molar-refractivity contribution in [3.63, 3.8) is 0 Å². The predicted octanol–water partition coefficient (Wildman–Crippen LogP) is 3.07. The standard InChI is InChI=1S/C18H18N2O/c19-13-17(21)16-11-12-20(16)18(14-7-3-1-4-8-14)15-9-5-2-6-10-15/h1-10,13,16,18-19H,11-12H2. The van der Waals surface area contributed by atoms with Crippen LogP contribution in [0.3, 0.4) is 0 Å². The SMILES string of the molecule is N=CC(=O)C1CCN1C(c1ccccc1)c1ccccc1. The summed E-state index contributed by atoms with van der Waals surface area (Å²) in [6.07, 6.45) is 1.79. The summed E-state index contributed by atoms with van der Waals surface area (Å²) in [4.78, 5) is 14.1. The van der Waals surface area contributed by atoms with Crippen molar-refractivity contribution in [3.05, 3.63) is 71.8 Å².